The number of nitrogens with zero attached hydrogens (tertiary/aromatic N) is 3. The Labute approximate surface area is 246 Å². The third kappa shape index (κ3) is 6.72. The van der Waals surface area contributed by atoms with Crippen LogP contribution >= 0.6 is 0 Å². The number of aryl methyl sites for hydroxylation is 1. The van der Waals surface area contributed by atoms with Crippen molar-refractivity contribution in [2.24, 2.45) is 5.92 Å². The lowest BCUT2D eigenvalue weighted by Crippen LogP contribution is -2.39. The SMILES string of the molecule is COCCNC(=O)c1ccc2nn(CC3CCN(C(=O)c4ccc(-c5cccc(C(F)(F)F)c5)cc4F)CC3)cc2c1C. The largest absolute Gasteiger partial charge is 0.416 e. The van der Waals surface area contributed by atoms with Crippen molar-refractivity contribution in [3.8, 4) is 11.1 Å². The normalized spacial score (nSPS) is 14.3. The number of fused-ring (bicyclic) bond motifs is 1. The fourth-order valence-corrected chi connectivity index (χ4v) is 5.48. The Kier molecular flexibility index (Phi) is 8.82. The molecule has 0 unspecified atom stereocenters. The smallest absolute Gasteiger partial charge is 0.383 e. The molecule has 1 N–H and O–H groups in total. The number of piperidine rings is 1. The lowest BCUT2D eigenvalue weighted by Gasteiger charge is -2.32. The summed E-state index contributed by atoms with van der Waals surface area (Å²) in [5.41, 5.74) is 1.78. The van der Waals surface area contributed by atoms with Gasteiger partial charge < -0.3 is 15.0 Å². The monoisotopic (exact) mass is 596 g/mol. The molecule has 0 aliphatic carbocycles. The zero-order valence-corrected chi connectivity index (χ0v) is 23.9. The van der Waals surface area contributed by atoms with Crippen LogP contribution in [-0.4, -0.2) is 59.8 Å². The molecule has 2 heterocycles. The van der Waals surface area contributed by atoms with E-state index in [2.05, 4.69) is 10.4 Å². The fraction of sp³-hybridized carbons (Fsp3) is 0.344. The predicted molar refractivity (Wildman–Crippen MR) is 154 cm³/mol. The molecule has 7 nitrogen and oxygen atoms in total. The molecular formula is C32H32F4N4O3. The van der Waals surface area contributed by atoms with Gasteiger partial charge in [0, 0.05) is 50.4 Å². The van der Waals surface area contributed by atoms with Gasteiger partial charge in [-0.3, -0.25) is 14.3 Å². The van der Waals surface area contributed by atoms with Crippen LogP contribution < -0.4 is 5.32 Å². The van der Waals surface area contributed by atoms with E-state index < -0.39 is 23.5 Å². The minimum atomic E-state index is -4.51. The Morgan fingerprint density at radius 2 is 1.74 bits per heavy atom. The van der Waals surface area contributed by atoms with Gasteiger partial charge in [-0.25, -0.2) is 4.39 Å². The number of hydrogen-bond donors (Lipinski definition) is 1. The molecule has 1 aliphatic heterocycles. The number of nitrogens with one attached hydrogen (secondary N) is 1. The summed E-state index contributed by atoms with van der Waals surface area (Å²) >= 11 is 0. The Hall–Kier alpha value is -4.25. The first kappa shape index (κ1) is 30.2. The number of hydrogen-bond acceptors (Lipinski definition) is 4. The molecule has 5 rings (SSSR count). The summed E-state index contributed by atoms with van der Waals surface area (Å²) in [5, 5.41) is 8.42. The van der Waals surface area contributed by atoms with E-state index in [1.807, 2.05) is 23.9 Å². The molecule has 0 spiro atoms. The average molecular weight is 597 g/mol. The van der Waals surface area contributed by atoms with Gasteiger partial charge in [-0.15, -0.1) is 0 Å². The number of benzene rings is 3. The van der Waals surface area contributed by atoms with Crippen molar-refractivity contribution in [1.82, 2.24) is 20.0 Å². The molecule has 0 radical (unpaired) electrons. The van der Waals surface area contributed by atoms with Crippen molar-refractivity contribution < 1.29 is 31.9 Å². The van der Waals surface area contributed by atoms with Gasteiger partial charge in [-0.05, 0) is 78.8 Å². The number of carbonyl (C=O) groups excluding carboxylic acids is 2. The highest BCUT2D eigenvalue weighted by molar-refractivity contribution is 6.00. The van der Waals surface area contributed by atoms with Crippen molar-refractivity contribution in [2.75, 3.05) is 33.4 Å². The maximum Gasteiger partial charge on any atom is 0.416 e. The number of halogens is 4. The van der Waals surface area contributed by atoms with Crippen molar-refractivity contribution in [2.45, 2.75) is 32.5 Å². The average Bonchev–Trinajstić information content (AvgIpc) is 3.40. The highest BCUT2D eigenvalue weighted by Crippen LogP contribution is 2.33. The maximum absolute atomic E-state index is 15.0. The summed E-state index contributed by atoms with van der Waals surface area (Å²) in [6.45, 7) is 4.29. The van der Waals surface area contributed by atoms with Gasteiger partial charge in [0.15, 0.2) is 0 Å². The summed E-state index contributed by atoms with van der Waals surface area (Å²) < 4.78 is 61.2. The molecule has 0 bridgehead atoms. The Balaban J connectivity index is 1.20. The minimum absolute atomic E-state index is 0.106. The number of methoxy groups -OCH3 is 1. The van der Waals surface area contributed by atoms with Gasteiger partial charge in [0.2, 0.25) is 0 Å². The Bertz CT molecular complexity index is 1640. The van der Waals surface area contributed by atoms with Crippen molar-refractivity contribution in [3.05, 3.63) is 88.9 Å². The third-order valence-corrected chi connectivity index (χ3v) is 7.91. The quantitative estimate of drug-likeness (QED) is 0.197. The van der Waals surface area contributed by atoms with Gasteiger partial charge in [0.1, 0.15) is 5.82 Å². The molecule has 3 aromatic carbocycles. The molecule has 1 saturated heterocycles. The van der Waals surface area contributed by atoms with Crippen molar-refractivity contribution in [1.29, 1.82) is 0 Å². The van der Waals surface area contributed by atoms with E-state index in [1.165, 1.54) is 24.3 Å². The van der Waals surface area contributed by atoms with Crippen LogP contribution in [0.4, 0.5) is 17.6 Å². The molecule has 2 amide bonds. The van der Waals surface area contributed by atoms with Gasteiger partial charge in [0.25, 0.3) is 11.8 Å². The first-order valence-corrected chi connectivity index (χ1v) is 14.1. The fourth-order valence-electron chi connectivity index (χ4n) is 5.48. The molecule has 43 heavy (non-hydrogen) atoms. The van der Waals surface area contributed by atoms with Crippen LogP contribution in [0, 0.1) is 18.7 Å². The van der Waals surface area contributed by atoms with Crippen LogP contribution in [0.3, 0.4) is 0 Å². The predicted octanol–water partition coefficient (Wildman–Crippen LogP) is 6.10. The number of amides is 2. The van der Waals surface area contributed by atoms with Crippen LogP contribution in [0.25, 0.3) is 22.0 Å². The molecule has 1 aliphatic rings. The topological polar surface area (TPSA) is 76.5 Å². The third-order valence-electron chi connectivity index (χ3n) is 7.91. The van der Waals surface area contributed by atoms with E-state index in [9.17, 15) is 22.8 Å². The summed E-state index contributed by atoms with van der Waals surface area (Å²) in [6.07, 6.45) is -1.16. The van der Waals surface area contributed by atoms with E-state index in [1.54, 1.807) is 18.1 Å². The molecule has 226 valence electrons. The second-order valence-electron chi connectivity index (χ2n) is 10.8. The number of alkyl halides is 3. The van der Waals surface area contributed by atoms with Crippen LogP contribution in [0.2, 0.25) is 0 Å². The molecule has 0 saturated carbocycles. The van der Waals surface area contributed by atoms with Crippen LogP contribution in [-0.2, 0) is 17.5 Å². The van der Waals surface area contributed by atoms with Gasteiger partial charge in [-0.1, -0.05) is 18.2 Å². The van der Waals surface area contributed by atoms with Gasteiger partial charge in [0.05, 0.1) is 23.3 Å². The van der Waals surface area contributed by atoms with Crippen LogP contribution in [0.5, 0.6) is 0 Å². The maximum atomic E-state index is 15.0. The van der Waals surface area contributed by atoms with Crippen LogP contribution in [0.15, 0.2) is 60.8 Å². The van der Waals surface area contributed by atoms with Crippen molar-refractivity contribution >= 4 is 22.7 Å². The first-order chi connectivity index (χ1) is 20.5. The summed E-state index contributed by atoms with van der Waals surface area (Å²) in [4.78, 5) is 27.3. The molecule has 4 aromatic rings. The molecule has 0 atom stereocenters. The molecule has 1 fully saturated rings. The number of likely N-dealkylation sites (tertiary alicyclic amines) is 1. The summed E-state index contributed by atoms with van der Waals surface area (Å²) in [5.74, 6) is -1.12. The molecular weight excluding hydrogens is 564 g/mol. The standard InChI is InChI=1S/C32H32F4N4O3/c1-20-25(30(41)37-12-15-43-2)8-9-29-27(20)19-40(38-29)18-21-10-13-39(14-11-21)31(42)26-7-6-23(17-28(26)33)22-4-3-5-24(16-22)32(34,35)36/h3-9,16-17,19,21H,10-15,18H2,1-2H3,(H,37,41). The zero-order chi connectivity index (χ0) is 30.7. The van der Waals surface area contributed by atoms with Crippen molar-refractivity contribution in [3.63, 3.8) is 0 Å². The summed E-state index contributed by atoms with van der Waals surface area (Å²) in [7, 11) is 1.58. The minimum Gasteiger partial charge on any atom is -0.383 e. The first-order valence-electron chi connectivity index (χ1n) is 14.1. The molecule has 11 heteroatoms. The van der Waals surface area contributed by atoms with E-state index in [4.69, 9.17) is 4.74 Å². The Morgan fingerprint density at radius 3 is 2.44 bits per heavy atom. The molecule has 1 aromatic heterocycles. The van der Waals surface area contributed by atoms with Gasteiger partial charge >= 0.3 is 6.18 Å². The highest BCUT2D eigenvalue weighted by atomic mass is 19.4. The lowest BCUT2D eigenvalue weighted by molar-refractivity contribution is -0.137. The number of aromatic nitrogens is 2. The number of rotatable bonds is 8. The van der Waals surface area contributed by atoms with E-state index >= 15 is 4.39 Å². The van der Waals surface area contributed by atoms with Crippen LogP contribution in [0.1, 0.15) is 44.7 Å². The van der Waals surface area contributed by atoms with E-state index in [-0.39, 0.29) is 28.5 Å². The number of ether oxygens (including phenoxy) is 1. The second kappa shape index (κ2) is 12.5. The van der Waals surface area contributed by atoms with Gasteiger partial charge in [-0.2, -0.15) is 18.3 Å². The Morgan fingerprint density at radius 1 is 1.02 bits per heavy atom. The second-order valence-corrected chi connectivity index (χ2v) is 10.8. The zero-order valence-electron chi connectivity index (χ0n) is 23.9. The number of carbonyl (C=O) groups is 2. The lowest BCUT2D eigenvalue weighted by atomic mass is 9.96. The van der Waals surface area contributed by atoms with E-state index in [0.717, 1.165) is 34.7 Å². The summed E-state index contributed by atoms with van der Waals surface area (Å²) in [6, 6.07) is 12.2. The highest BCUT2D eigenvalue weighted by Gasteiger charge is 2.31. The van der Waals surface area contributed by atoms with E-state index in [0.29, 0.717) is 51.2 Å².